The van der Waals surface area contributed by atoms with Crippen LogP contribution in [0.4, 0.5) is 0 Å². The molecule has 0 aromatic rings. The number of ketones is 2. The van der Waals surface area contributed by atoms with Crippen LogP contribution in [0.1, 0.15) is 79.1 Å². The third kappa shape index (κ3) is 20.6. The first kappa shape index (κ1) is 30.5. The van der Waals surface area contributed by atoms with Crippen LogP contribution in [-0.4, -0.2) is 17.6 Å². The average molecular weight is 442 g/mol. The van der Waals surface area contributed by atoms with Gasteiger partial charge in [-0.25, -0.2) is 0 Å². The summed E-state index contributed by atoms with van der Waals surface area (Å²) in [5, 5.41) is 0. The summed E-state index contributed by atoms with van der Waals surface area (Å²) in [4.78, 5) is 21.4. The van der Waals surface area contributed by atoms with Crippen LogP contribution in [0.15, 0.2) is 0 Å². The van der Waals surface area contributed by atoms with E-state index in [1.807, 2.05) is 6.92 Å². The van der Waals surface area contributed by atoms with Gasteiger partial charge in [0.25, 0.3) is 0 Å². The second kappa shape index (κ2) is 21.6. The molecule has 0 aliphatic heterocycles. The fourth-order valence-electron chi connectivity index (χ4n) is 1.94. The molecular formula is C17H36CeN2O2-2. The van der Waals surface area contributed by atoms with Crippen molar-refractivity contribution in [2.45, 2.75) is 85.1 Å². The zero-order valence-corrected chi connectivity index (χ0v) is 18.1. The maximum absolute atomic E-state index is 10.7. The first-order valence-corrected chi connectivity index (χ1v) is 7.96. The van der Waals surface area contributed by atoms with Gasteiger partial charge in [0, 0.05) is 47.7 Å². The van der Waals surface area contributed by atoms with Crippen molar-refractivity contribution in [2.75, 3.05) is 0 Å². The van der Waals surface area contributed by atoms with Crippen molar-refractivity contribution < 1.29 is 51.3 Å². The van der Waals surface area contributed by atoms with Crippen molar-refractivity contribution in [1.82, 2.24) is 0 Å². The van der Waals surface area contributed by atoms with Crippen LogP contribution in [0, 0.1) is 54.6 Å². The standard InChI is InChI=1S/C9H19NO.C8H15O.Ce.H2N/c1-3-4-5-6-7-9(10)8(2)11;1-4-6-8(5-2)7(3)9;;/h9H,3-7,10H2,1-2H3;8H,1,4-6H2,2-3H3;;1H2/q;-1;;-1/t9-;;;/m0.../s1/i;;;1+1. The minimum Gasteiger partial charge on any atom is -0.693 e. The van der Waals surface area contributed by atoms with E-state index in [1.165, 1.54) is 19.3 Å². The minimum absolute atomic E-state index is 0. The van der Waals surface area contributed by atoms with Crippen LogP contribution < -0.4 is 5.73 Å². The van der Waals surface area contributed by atoms with E-state index in [0.29, 0.717) is 5.78 Å². The second-order valence-corrected chi connectivity index (χ2v) is 5.42. The third-order valence-corrected chi connectivity index (χ3v) is 3.51. The van der Waals surface area contributed by atoms with Gasteiger partial charge in [-0.3, -0.25) is 9.59 Å². The maximum atomic E-state index is 10.7. The molecule has 0 saturated heterocycles. The fraction of sp³-hybridized carbons (Fsp3) is 0.824. The predicted octanol–water partition coefficient (Wildman–Crippen LogP) is 4.81. The summed E-state index contributed by atoms with van der Waals surface area (Å²) in [5.41, 5.74) is 5.55. The van der Waals surface area contributed by atoms with E-state index >= 15 is 0 Å². The van der Waals surface area contributed by atoms with E-state index in [-0.39, 0.29) is 65.6 Å². The molecule has 0 heterocycles. The molecule has 0 aromatic carbocycles. The Bertz CT molecular complexity index is 261. The number of carbonyl (C=O) groups is 2. The van der Waals surface area contributed by atoms with E-state index in [0.717, 1.165) is 32.1 Å². The molecule has 2 atom stereocenters. The zero-order chi connectivity index (χ0) is 16.0. The summed E-state index contributed by atoms with van der Waals surface area (Å²) >= 11 is 0. The average Bonchev–Trinajstić information content (AvgIpc) is 2.40. The molecule has 1 unspecified atom stereocenters. The molecule has 4 N–H and O–H groups in total. The smallest absolute Gasteiger partial charge is 0.146 e. The minimum atomic E-state index is -0.216. The van der Waals surface area contributed by atoms with E-state index in [1.54, 1.807) is 13.8 Å². The Hall–Kier alpha value is 0.637. The molecule has 0 bridgehead atoms. The SMILES string of the molecule is CCCCCC[C@H](N)C(C)=O.[15NH2-].[CH2-]CCC(CC)C(C)=O.[Ce]. The van der Waals surface area contributed by atoms with E-state index in [9.17, 15) is 9.59 Å². The Balaban J connectivity index is -0.000000137. The Labute approximate surface area is 171 Å². The van der Waals surface area contributed by atoms with Crippen molar-refractivity contribution in [2.24, 2.45) is 11.7 Å². The number of nitrogens with two attached hydrogens (primary N) is 2. The fourth-order valence-corrected chi connectivity index (χ4v) is 1.94. The predicted molar refractivity (Wildman–Crippen MR) is 91.8 cm³/mol. The molecule has 0 spiro atoms. The van der Waals surface area contributed by atoms with Gasteiger partial charge in [0.1, 0.15) is 11.6 Å². The van der Waals surface area contributed by atoms with E-state index in [2.05, 4.69) is 13.8 Å². The normalized spacial score (nSPS) is 11.9. The van der Waals surface area contributed by atoms with Gasteiger partial charge in [-0.15, -0.1) is 0 Å². The summed E-state index contributed by atoms with van der Waals surface area (Å²) in [6.07, 6.45) is 8.43. The first-order valence-electron chi connectivity index (χ1n) is 7.96. The maximum Gasteiger partial charge on any atom is 0.146 e. The monoisotopic (exact) mass is 441 g/mol. The number of hydrogen-bond acceptors (Lipinski definition) is 3. The summed E-state index contributed by atoms with van der Waals surface area (Å²) in [7, 11) is 0. The summed E-state index contributed by atoms with van der Waals surface area (Å²) < 4.78 is 0. The molecule has 0 aliphatic carbocycles. The number of Topliss-reactive ketones (excluding diaryl/α,β-unsaturated/α-hetero) is 2. The van der Waals surface area contributed by atoms with Crippen LogP contribution in [-0.2, 0) is 9.59 Å². The van der Waals surface area contributed by atoms with Crippen molar-refractivity contribution in [3.8, 4) is 0 Å². The van der Waals surface area contributed by atoms with Crippen molar-refractivity contribution in [1.29, 1.82) is 0 Å². The largest absolute Gasteiger partial charge is 0.693 e. The Morgan fingerprint density at radius 1 is 1.00 bits per heavy atom. The van der Waals surface area contributed by atoms with Crippen molar-refractivity contribution >= 4 is 11.6 Å². The van der Waals surface area contributed by atoms with Gasteiger partial charge in [0.05, 0.1) is 6.04 Å². The third-order valence-electron chi connectivity index (χ3n) is 3.51. The van der Waals surface area contributed by atoms with Gasteiger partial charge < -0.3 is 18.8 Å². The topological polar surface area (TPSA) is 93.7 Å². The number of rotatable bonds is 10. The molecule has 5 heteroatoms. The Morgan fingerprint density at radius 2 is 1.55 bits per heavy atom. The van der Waals surface area contributed by atoms with Crippen LogP contribution in [0.2, 0.25) is 0 Å². The van der Waals surface area contributed by atoms with Gasteiger partial charge in [0.15, 0.2) is 0 Å². The number of hydrogen-bond donors (Lipinski definition) is 1. The number of unbranched alkanes of at least 4 members (excludes halogenated alkanes) is 3. The zero-order valence-electron chi connectivity index (χ0n) is 15.0. The summed E-state index contributed by atoms with van der Waals surface area (Å²) in [6.45, 7) is 11.1. The summed E-state index contributed by atoms with van der Waals surface area (Å²) in [6, 6.07) is -0.216. The van der Waals surface area contributed by atoms with Gasteiger partial charge in [0.2, 0.25) is 0 Å². The van der Waals surface area contributed by atoms with Crippen LogP contribution in [0.25, 0.3) is 6.15 Å². The van der Waals surface area contributed by atoms with Crippen LogP contribution in [0.3, 0.4) is 0 Å². The molecule has 132 valence electrons. The van der Waals surface area contributed by atoms with Gasteiger partial charge in [-0.2, -0.15) is 6.42 Å². The first-order chi connectivity index (χ1) is 9.40. The quantitative estimate of drug-likeness (QED) is 0.300. The molecule has 0 aliphatic rings. The van der Waals surface area contributed by atoms with Crippen LogP contribution >= 0.6 is 0 Å². The molecular weight excluding hydrogens is 405 g/mol. The Kier molecular flexibility index (Phi) is 30.0. The molecule has 0 saturated carbocycles. The second-order valence-electron chi connectivity index (χ2n) is 5.42. The van der Waals surface area contributed by atoms with Gasteiger partial charge >= 0.3 is 0 Å². The molecule has 0 radical (unpaired) electrons. The van der Waals surface area contributed by atoms with Gasteiger partial charge in [-0.1, -0.05) is 46.0 Å². The molecule has 0 aromatic heterocycles. The molecule has 0 fully saturated rings. The summed E-state index contributed by atoms with van der Waals surface area (Å²) in [5.74, 6) is 0.685. The van der Waals surface area contributed by atoms with Crippen molar-refractivity contribution in [3.63, 3.8) is 0 Å². The molecule has 0 amide bonds. The van der Waals surface area contributed by atoms with E-state index in [4.69, 9.17) is 5.73 Å². The van der Waals surface area contributed by atoms with Gasteiger partial charge in [-0.05, 0) is 26.7 Å². The molecule has 4 nitrogen and oxygen atoms in total. The van der Waals surface area contributed by atoms with Crippen LogP contribution in [0.5, 0.6) is 0 Å². The molecule has 22 heavy (non-hydrogen) atoms. The van der Waals surface area contributed by atoms with E-state index < -0.39 is 0 Å². The Morgan fingerprint density at radius 3 is 1.82 bits per heavy atom. The number of carbonyl (C=O) groups excluding carboxylic acids is 2. The molecule has 0 rings (SSSR count). The van der Waals surface area contributed by atoms with Crippen molar-refractivity contribution in [3.05, 3.63) is 13.1 Å².